The number of unbranched alkanes of at least 4 members (excludes halogenated alkanes) is 1. The fourth-order valence-electron chi connectivity index (χ4n) is 2.42. The van der Waals surface area contributed by atoms with Crippen LogP contribution in [-0.4, -0.2) is 31.0 Å². The second-order valence-corrected chi connectivity index (χ2v) is 7.44. The lowest BCUT2D eigenvalue weighted by molar-refractivity contribution is -0.173. The van der Waals surface area contributed by atoms with Crippen LogP contribution in [0.25, 0.3) is 6.08 Å². The first kappa shape index (κ1) is 23.0. The van der Waals surface area contributed by atoms with Gasteiger partial charge in [-0.2, -0.15) is 13.2 Å². The molecule has 0 unspecified atom stereocenters. The molecule has 0 heterocycles. The minimum atomic E-state index is -4.85. The number of carbonyl (C=O) groups excluding carboxylic acids is 1. The van der Waals surface area contributed by atoms with Crippen LogP contribution < -0.4 is 5.32 Å². The van der Waals surface area contributed by atoms with E-state index < -0.39 is 12.1 Å². The number of thioether (sulfide) groups is 1. The lowest BCUT2D eigenvalue weighted by Gasteiger charge is -2.06. The van der Waals surface area contributed by atoms with Crippen LogP contribution in [0.2, 0.25) is 0 Å². The summed E-state index contributed by atoms with van der Waals surface area (Å²) >= 11 is 1.73. The SMILES string of the molecule is O=C(NC/C=C/c1cccc(SCCCCOCc2ccccc2)c1)C(F)(F)F. The fourth-order valence-corrected chi connectivity index (χ4v) is 3.39. The van der Waals surface area contributed by atoms with Gasteiger partial charge >= 0.3 is 12.1 Å². The summed E-state index contributed by atoms with van der Waals surface area (Å²) in [6, 6.07) is 17.8. The van der Waals surface area contributed by atoms with Gasteiger partial charge in [-0.3, -0.25) is 4.79 Å². The third kappa shape index (κ3) is 9.67. The minimum Gasteiger partial charge on any atom is -0.377 e. The van der Waals surface area contributed by atoms with Crippen molar-refractivity contribution < 1.29 is 22.7 Å². The van der Waals surface area contributed by atoms with Gasteiger partial charge < -0.3 is 10.1 Å². The third-order valence-corrected chi connectivity index (χ3v) is 4.95. The molecule has 0 spiro atoms. The average molecular weight is 424 g/mol. The standard InChI is InChI=1S/C22H24F3NO2S/c23-22(24,25)21(27)26-13-7-11-18-10-6-12-20(16-18)29-15-5-4-14-28-17-19-8-2-1-3-9-19/h1-3,6-12,16H,4-5,13-15,17H2,(H,26,27)/b11-7+. The Morgan fingerprint density at radius 3 is 2.62 bits per heavy atom. The van der Waals surface area contributed by atoms with Gasteiger partial charge in [-0.1, -0.05) is 54.6 Å². The number of amides is 1. The van der Waals surface area contributed by atoms with E-state index >= 15 is 0 Å². The molecule has 0 fully saturated rings. The minimum absolute atomic E-state index is 0.168. The zero-order valence-corrected chi connectivity index (χ0v) is 16.8. The summed E-state index contributed by atoms with van der Waals surface area (Å²) in [5.41, 5.74) is 2.05. The summed E-state index contributed by atoms with van der Waals surface area (Å²) in [6.45, 7) is 1.19. The molecule has 0 aliphatic heterocycles. The molecule has 0 aliphatic rings. The molecule has 0 saturated carbocycles. The Balaban J connectivity index is 1.61. The zero-order valence-electron chi connectivity index (χ0n) is 16.0. The summed E-state index contributed by atoms with van der Waals surface area (Å²) in [5, 5.41) is 1.81. The number of nitrogens with one attached hydrogen (secondary N) is 1. The van der Waals surface area contributed by atoms with Gasteiger partial charge in [0.15, 0.2) is 0 Å². The number of rotatable bonds is 11. The van der Waals surface area contributed by atoms with E-state index in [1.807, 2.05) is 59.9 Å². The van der Waals surface area contributed by atoms with E-state index in [2.05, 4.69) is 0 Å². The van der Waals surface area contributed by atoms with Gasteiger partial charge in [0.2, 0.25) is 0 Å². The zero-order chi connectivity index (χ0) is 21.0. The number of benzene rings is 2. The summed E-state index contributed by atoms with van der Waals surface area (Å²) < 4.78 is 42.0. The summed E-state index contributed by atoms with van der Waals surface area (Å²) in [7, 11) is 0. The second-order valence-electron chi connectivity index (χ2n) is 6.28. The molecule has 1 N–H and O–H groups in total. The van der Waals surface area contributed by atoms with Gasteiger partial charge in [0.1, 0.15) is 0 Å². The predicted octanol–water partition coefficient (Wildman–Crippen LogP) is 5.47. The summed E-state index contributed by atoms with van der Waals surface area (Å²) in [5.74, 6) is -0.969. The van der Waals surface area contributed by atoms with Crippen LogP contribution in [0.4, 0.5) is 13.2 Å². The van der Waals surface area contributed by atoms with Crippen LogP contribution in [0.15, 0.2) is 65.6 Å². The Kier molecular flexibility index (Phi) is 9.80. The van der Waals surface area contributed by atoms with E-state index in [1.165, 1.54) is 11.6 Å². The third-order valence-electron chi connectivity index (χ3n) is 3.87. The Morgan fingerprint density at radius 1 is 1.07 bits per heavy atom. The molecule has 0 aliphatic carbocycles. The molecule has 3 nitrogen and oxygen atoms in total. The topological polar surface area (TPSA) is 38.3 Å². The molecular weight excluding hydrogens is 399 g/mol. The van der Waals surface area contributed by atoms with Crippen LogP contribution in [0, 0.1) is 0 Å². The molecule has 0 bridgehead atoms. The highest BCUT2D eigenvalue weighted by Crippen LogP contribution is 2.21. The maximum absolute atomic E-state index is 12.1. The fraction of sp³-hybridized carbons (Fsp3) is 0.318. The van der Waals surface area contributed by atoms with Gasteiger partial charge in [0.25, 0.3) is 0 Å². The summed E-state index contributed by atoms with van der Waals surface area (Å²) in [6.07, 6.45) is 0.355. The molecule has 2 aromatic carbocycles. The van der Waals surface area contributed by atoms with Crippen LogP contribution in [0.5, 0.6) is 0 Å². The second kappa shape index (κ2) is 12.3. The van der Waals surface area contributed by atoms with Gasteiger partial charge in [0, 0.05) is 18.0 Å². The number of hydrogen-bond donors (Lipinski definition) is 1. The highest BCUT2D eigenvalue weighted by Gasteiger charge is 2.37. The van der Waals surface area contributed by atoms with Crippen LogP contribution in [0.3, 0.4) is 0 Å². The van der Waals surface area contributed by atoms with Crippen LogP contribution >= 0.6 is 11.8 Å². The number of ether oxygens (including phenoxy) is 1. The Hall–Kier alpha value is -2.25. The van der Waals surface area contributed by atoms with Crippen molar-refractivity contribution in [2.24, 2.45) is 0 Å². The lowest BCUT2D eigenvalue weighted by Crippen LogP contribution is -2.36. The Bertz CT molecular complexity index is 779. The van der Waals surface area contributed by atoms with Gasteiger partial charge in [-0.05, 0) is 41.9 Å². The van der Waals surface area contributed by atoms with E-state index in [4.69, 9.17) is 4.74 Å². The van der Waals surface area contributed by atoms with Crippen LogP contribution in [0.1, 0.15) is 24.0 Å². The smallest absolute Gasteiger partial charge is 0.377 e. The highest BCUT2D eigenvalue weighted by atomic mass is 32.2. The molecule has 2 aromatic rings. The molecule has 0 radical (unpaired) electrons. The van der Waals surface area contributed by atoms with Crippen molar-refractivity contribution in [2.45, 2.75) is 30.5 Å². The highest BCUT2D eigenvalue weighted by molar-refractivity contribution is 7.99. The first-order valence-corrected chi connectivity index (χ1v) is 10.3. The molecule has 156 valence electrons. The molecule has 29 heavy (non-hydrogen) atoms. The molecule has 0 atom stereocenters. The quantitative estimate of drug-likeness (QED) is 0.385. The molecular formula is C22H24F3NO2S. The number of halogens is 3. The first-order valence-electron chi connectivity index (χ1n) is 9.31. The van der Waals surface area contributed by atoms with E-state index in [0.29, 0.717) is 6.61 Å². The van der Waals surface area contributed by atoms with Gasteiger partial charge in [-0.25, -0.2) is 0 Å². The maximum atomic E-state index is 12.1. The number of alkyl halides is 3. The van der Waals surface area contributed by atoms with Crippen molar-refractivity contribution in [3.05, 3.63) is 71.8 Å². The largest absolute Gasteiger partial charge is 0.471 e. The summed E-state index contributed by atoms with van der Waals surface area (Å²) in [4.78, 5) is 11.8. The molecule has 1 amide bonds. The molecule has 0 saturated heterocycles. The number of hydrogen-bond acceptors (Lipinski definition) is 3. The lowest BCUT2D eigenvalue weighted by atomic mass is 10.2. The van der Waals surface area contributed by atoms with Crippen LogP contribution in [-0.2, 0) is 16.1 Å². The van der Waals surface area contributed by atoms with Crippen molar-refractivity contribution in [2.75, 3.05) is 18.9 Å². The Labute approximate surface area is 173 Å². The maximum Gasteiger partial charge on any atom is 0.471 e. The van der Waals surface area contributed by atoms with Crippen molar-refractivity contribution in [1.29, 1.82) is 0 Å². The van der Waals surface area contributed by atoms with Gasteiger partial charge in [0.05, 0.1) is 6.61 Å². The van der Waals surface area contributed by atoms with Gasteiger partial charge in [-0.15, -0.1) is 11.8 Å². The molecule has 0 aromatic heterocycles. The predicted molar refractivity (Wildman–Crippen MR) is 111 cm³/mol. The molecule has 2 rings (SSSR count). The monoisotopic (exact) mass is 423 g/mol. The molecule has 7 heteroatoms. The average Bonchev–Trinajstić information content (AvgIpc) is 2.71. The van der Waals surface area contributed by atoms with Crippen molar-refractivity contribution >= 4 is 23.7 Å². The van der Waals surface area contributed by atoms with E-state index in [-0.39, 0.29) is 6.54 Å². The van der Waals surface area contributed by atoms with Crippen molar-refractivity contribution in [1.82, 2.24) is 5.32 Å². The first-order chi connectivity index (χ1) is 13.9. The Morgan fingerprint density at radius 2 is 1.86 bits per heavy atom. The van der Waals surface area contributed by atoms with E-state index in [0.717, 1.165) is 35.7 Å². The number of carbonyl (C=O) groups is 1. The van der Waals surface area contributed by atoms with Crippen molar-refractivity contribution in [3.8, 4) is 0 Å². The normalized spacial score (nSPS) is 11.7. The van der Waals surface area contributed by atoms with E-state index in [1.54, 1.807) is 17.8 Å². The van der Waals surface area contributed by atoms with E-state index in [9.17, 15) is 18.0 Å². The van der Waals surface area contributed by atoms with Crippen molar-refractivity contribution in [3.63, 3.8) is 0 Å².